The highest BCUT2D eigenvalue weighted by Gasteiger charge is 2.23. The van der Waals surface area contributed by atoms with Gasteiger partial charge in [-0.2, -0.15) is 4.80 Å². The van der Waals surface area contributed by atoms with Gasteiger partial charge in [0, 0.05) is 24.2 Å². The average molecular weight is 406 g/mol. The number of nitrogens with zero attached hydrogens (tertiary/aromatic N) is 5. The molecule has 0 spiro atoms. The highest BCUT2D eigenvalue weighted by atomic mass is 16.6. The van der Waals surface area contributed by atoms with Crippen molar-refractivity contribution >= 4 is 17.7 Å². The van der Waals surface area contributed by atoms with E-state index in [1.807, 2.05) is 54.6 Å². The number of rotatable bonds is 8. The van der Waals surface area contributed by atoms with Crippen LogP contribution in [0, 0.1) is 0 Å². The molecule has 0 atom stereocenters. The second-order valence-electron chi connectivity index (χ2n) is 6.89. The summed E-state index contributed by atoms with van der Waals surface area (Å²) in [7, 11) is 0. The number of carbonyl (C=O) groups is 2. The van der Waals surface area contributed by atoms with Crippen molar-refractivity contribution in [3.63, 3.8) is 0 Å². The van der Waals surface area contributed by atoms with Crippen LogP contribution in [-0.4, -0.2) is 45.4 Å². The molecule has 1 aromatic heterocycles. The maximum absolute atomic E-state index is 12.2. The molecule has 1 aliphatic heterocycles. The van der Waals surface area contributed by atoms with E-state index in [2.05, 4.69) is 20.7 Å². The number of cyclic esters (lactones) is 1. The molecule has 154 valence electrons. The largest absolute Gasteiger partial charge is 0.447 e. The summed E-state index contributed by atoms with van der Waals surface area (Å²) < 4.78 is 4.97. The minimum absolute atomic E-state index is 0.0515. The highest BCUT2D eigenvalue weighted by molar-refractivity contribution is 5.89. The molecule has 2 heterocycles. The first-order chi connectivity index (χ1) is 14.7. The minimum Gasteiger partial charge on any atom is -0.447 e. The van der Waals surface area contributed by atoms with E-state index >= 15 is 0 Å². The number of hydrogen-bond donors (Lipinski definition) is 1. The standard InChI is InChI=1S/C21H22N6O3/c28-19(10-5-11-27-24-20(23-25-27)17-7-2-1-3-8-17)22-15-16-6-4-9-18(14-16)26-12-13-30-21(26)29/h1-4,6-9,14H,5,10-13,15H2,(H,22,28). The Hall–Kier alpha value is -3.75. The van der Waals surface area contributed by atoms with Crippen LogP contribution in [0.1, 0.15) is 18.4 Å². The molecule has 3 aromatic rings. The molecular formula is C21H22N6O3. The van der Waals surface area contributed by atoms with Crippen LogP contribution in [0.25, 0.3) is 11.4 Å². The van der Waals surface area contributed by atoms with E-state index in [4.69, 9.17) is 4.74 Å². The summed E-state index contributed by atoms with van der Waals surface area (Å²) in [6, 6.07) is 17.2. The molecule has 1 aliphatic rings. The van der Waals surface area contributed by atoms with E-state index in [1.165, 1.54) is 4.80 Å². The van der Waals surface area contributed by atoms with Gasteiger partial charge in [-0.05, 0) is 29.3 Å². The minimum atomic E-state index is -0.340. The van der Waals surface area contributed by atoms with Crippen molar-refractivity contribution in [3.05, 3.63) is 60.2 Å². The average Bonchev–Trinajstić information content (AvgIpc) is 3.42. The number of tetrazole rings is 1. The van der Waals surface area contributed by atoms with Gasteiger partial charge in [0.2, 0.25) is 11.7 Å². The van der Waals surface area contributed by atoms with Gasteiger partial charge in [-0.1, -0.05) is 42.5 Å². The van der Waals surface area contributed by atoms with Crippen LogP contribution in [0.15, 0.2) is 54.6 Å². The maximum atomic E-state index is 12.2. The van der Waals surface area contributed by atoms with Gasteiger partial charge < -0.3 is 10.1 Å². The van der Waals surface area contributed by atoms with Crippen LogP contribution in [0.4, 0.5) is 10.5 Å². The number of nitrogens with one attached hydrogen (secondary N) is 1. The van der Waals surface area contributed by atoms with Crippen molar-refractivity contribution in [1.82, 2.24) is 25.5 Å². The predicted octanol–water partition coefficient (Wildman–Crippen LogP) is 2.39. The maximum Gasteiger partial charge on any atom is 0.414 e. The molecule has 2 aromatic carbocycles. The molecule has 9 nitrogen and oxygen atoms in total. The summed E-state index contributed by atoms with van der Waals surface area (Å²) >= 11 is 0. The summed E-state index contributed by atoms with van der Waals surface area (Å²) in [5.74, 6) is 0.520. The van der Waals surface area contributed by atoms with E-state index < -0.39 is 0 Å². The van der Waals surface area contributed by atoms with Crippen molar-refractivity contribution in [3.8, 4) is 11.4 Å². The lowest BCUT2D eigenvalue weighted by Gasteiger charge is -2.14. The number of carbonyl (C=O) groups excluding carboxylic acids is 2. The smallest absolute Gasteiger partial charge is 0.414 e. The van der Waals surface area contributed by atoms with Crippen LogP contribution in [0.3, 0.4) is 0 Å². The zero-order valence-electron chi connectivity index (χ0n) is 16.4. The van der Waals surface area contributed by atoms with Crippen molar-refractivity contribution in [1.29, 1.82) is 0 Å². The van der Waals surface area contributed by atoms with Crippen LogP contribution in [0.5, 0.6) is 0 Å². The van der Waals surface area contributed by atoms with Crippen molar-refractivity contribution < 1.29 is 14.3 Å². The van der Waals surface area contributed by atoms with Crippen molar-refractivity contribution in [2.75, 3.05) is 18.1 Å². The van der Waals surface area contributed by atoms with E-state index in [-0.39, 0.29) is 12.0 Å². The number of aromatic nitrogens is 4. The molecule has 0 radical (unpaired) electrons. The lowest BCUT2D eigenvalue weighted by Crippen LogP contribution is -2.25. The molecule has 2 amide bonds. The Labute approximate surface area is 173 Å². The second-order valence-corrected chi connectivity index (χ2v) is 6.89. The van der Waals surface area contributed by atoms with Crippen LogP contribution in [-0.2, 0) is 22.6 Å². The number of benzene rings is 2. The summed E-state index contributed by atoms with van der Waals surface area (Å²) in [5, 5.41) is 15.3. The predicted molar refractivity (Wildman–Crippen MR) is 109 cm³/mol. The molecule has 1 fully saturated rings. The summed E-state index contributed by atoms with van der Waals surface area (Å²) in [5.41, 5.74) is 2.60. The normalized spacial score (nSPS) is 13.3. The molecule has 1 N–H and O–H groups in total. The van der Waals surface area contributed by atoms with Gasteiger partial charge in [0.1, 0.15) is 6.61 Å². The Morgan fingerprint density at radius 3 is 2.80 bits per heavy atom. The van der Waals surface area contributed by atoms with Gasteiger partial charge in [-0.3, -0.25) is 9.69 Å². The van der Waals surface area contributed by atoms with Gasteiger partial charge >= 0.3 is 6.09 Å². The Bertz CT molecular complexity index is 1020. The fourth-order valence-electron chi connectivity index (χ4n) is 3.17. The number of hydrogen-bond acceptors (Lipinski definition) is 6. The molecular weight excluding hydrogens is 384 g/mol. The molecule has 9 heteroatoms. The van der Waals surface area contributed by atoms with E-state index in [1.54, 1.807) is 4.90 Å². The first kappa shape index (κ1) is 19.6. The molecule has 0 bridgehead atoms. The molecule has 4 rings (SSSR count). The Morgan fingerprint density at radius 2 is 2.00 bits per heavy atom. The summed E-state index contributed by atoms with van der Waals surface area (Å²) in [4.78, 5) is 26.9. The molecule has 30 heavy (non-hydrogen) atoms. The second kappa shape index (κ2) is 9.17. The molecule has 1 saturated heterocycles. The zero-order chi connectivity index (χ0) is 20.8. The van der Waals surface area contributed by atoms with Gasteiger partial charge in [0.15, 0.2) is 0 Å². The van der Waals surface area contributed by atoms with Gasteiger partial charge in [-0.25, -0.2) is 4.79 Å². The number of amides is 2. The van der Waals surface area contributed by atoms with E-state index in [0.29, 0.717) is 44.9 Å². The topological polar surface area (TPSA) is 102 Å². The lowest BCUT2D eigenvalue weighted by molar-refractivity contribution is -0.121. The third-order valence-corrected chi connectivity index (χ3v) is 4.72. The first-order valence-corrected chi connectivity index (χ1v) is 9.82. The summed E-state index contributed by atoms with van der Waals surface area (Å²) in [6.45, 7) is 1.85. The molecule has 0 saturated carbocycles. The SMILES string of the molecule is O=C(CCCn1nnc(-c2ccccc2)n1)NCc1cccc(N2CCOC2=O)c1. The molecule has 0 aliphatic carbocycles. The van der Waals surface area contributed by atoms with Crippen LogP contribution < -0.4 is 10.2 Å². The third-order valence-electron chi connectivity index (χ3n) is 4.72. The van der Waals surface area contributed by atoms with Crippen molar-refractivity contribution in [2.24, 2.45) is 0 Å². The molecule has 0 unspecified atom stereocenters. The number of aryl methyl sites for hydroxylation is 1. The van der Waals surface area contributed by atoms with Gasteiger partial charge in [0.05, 0.1) is 13.1 Å². The van der Waals surface area contributed by atoms with Crippen molar-refractivity contribution in [2.45, 2.75) is 25.9 Å². The van der Waals surface area contributed by atoms with Gasteiger partial charge in [-0.15, -0.1) is 10.2 Å². The van der Waals surface area contributed by atoms with E-state index in [0.717, 1.165) is 16.8 Å². The van der Waals surface area contributed by atoms with E-state index in [9.17, 15) is 9.59 Å². The highest BCUT2D eigenvalue weighted by Crippen LogP contribution is 2.20. The number of ether oxygens (including phenoxy) is 1. The lowest BCUT2D eigenvalue weighted by atomic mass is 10.2. The Kier molecular flexibility index (Phi) is 5.98. The van der Waals surface area contributed by atoms with Crippen LogP contribution >= 0.6 is 0 Å². The Morgan fingerprint density at radius 1 is 1.13 bits per heavy atom. The zero-order valence-corrected chi connectivity index (χ0v) is 16.4. The van der Waals surface area contributed by atoms with Gasteiger partial charge in [0.25, 0.3) is 0 Å². The summed E-state index contributed by atoms with van der Waals surface area (Å²) in [6.07, 6.45) is 0.629. The fourth-order valence-corrected chi connectivity index (χ4v) is 3.17. The monoisotopic (exact) mass is 406 g/mol. The first-order valence-electron chi connectivity index (χ1n) is 9.82. The quantitative estimate of drug-likeness (QED) is 0.616. The Balaban J connectivity index is 1.22. The van der Waals surface area contributed by atoms with Crippen LogP contribution in [0.2, 0.25) is 0 Å². The number of anilines is 1. The third kappa shape index (κ3) is 4.80. The fraction of sp³-hybridized carbons (Fsp3) is 0.286.